The van der Waals surface area contributed by atoms with Gasteiger partial charge in [-0.05, 0) is 42.8 Å². The third kappa shape index (κ3) is 2.94. The molecule has 0 aliphatic rings. The summed E-state index contributed by atoms with van der Waals surface area (Å²) >= 11 is 1.76. The SMILES string of the molecule is Cc1ccc(CC(NN)c2sccc2C)cc1. The summed E-state index contributed by atoms with van der Waals surface area (Å²) < 4.78 is 0. The van der Waals surface area contributed by atoms with E-state index in [2.05, 4.69) is 55.0 Å². The maximum absolute atomic E-state index is 5.67. The number of nitrogens with one attached hydrogen (secondary N) is 1. The average molecular weight is 246 g/mol. The first-order chi connectivity index (χ1) is 8.20. The lowest BCUT2D eigenvalue weighted by Gasteiger charge is -2.15. The van der Waals surface area contributed by atoms with Crippen LogP contribution in [-0.2, 0) is 6.42 Å². The van der Waals surface area contributed by atoms with E-state index in [1.807, 2.05) is 0 Å². The molecule has 1 atom stereocenters. The molecular weight excluding hydrogens is 228 g/mol. The van der Waals surface area contributed by atoms with E-state index in [1.165, 1.54) is 21.6 Å². The zero-order chi connectivity index (χ0) is 12.3. The van der Waals surface area contributed by atoms with Crippen molar-refractivity contribution in [1.82, 2.24) is 5.43 Å². The molecule has 0 amide bonds. The van der Waals surface area contributed by atoms with Gasteiger partial charge in [0.15, 0.2) is 0 Å². The topological polar surface area (TPSA) is 38.0 Å². The number of aryl methyl sites for hydroxylation is 2. The number of nitrogens with two attached hydrogens (primary N) is 1. The first kappa shape index (κ1) is 12.3. The van der Waals surface area contributed by atoms with E-state index < -0.39 is 0 Å². The van der Waals surface area contributed by atoms with Crippen LogP contribution in [0.2, 0.25) is 0 Å². The molecular formula is C14H18N2S. The maximum atomic E-state index is 5.67. The molecule has 1 aromatic carbocycles. The van der Waals surface area contributed by atoms with Crippen molar-refractivity contribution in [3.63, 3.8) is 0 Å². The molecule has 2 aromatic rings. The minimum absolute atomic E-state index is 0.206. The van der Waals surface area contributed by atoms with E-state index >= 15 is 0 Å². The van der Waals surface area contributed by atoms with Gasteiger partial charge in [0.05, 0.1) is 6.04 Å². The van der Waals surface area contributed by atoms with Gasteiger partial charge in [-0.2, -0.15) is 0 Å². The van der Waals surface area contributed by atoms with Crippen LogP contribution in [0.15, 0.2) is 35.7 Å². The number of thiophene rings is 1. The van der Waals surface area contributed by atoms with E-state index in [-0.39, 0.29) is 6.04 Å². The maximum Gasteiger partial charge on any atom is 0.0596 e. The van der Waals surface area contributed by atoms with Crippen LogP contribution in [0.3, 0.4) is 0 Å². The second kappa shape index (κ2) is 5.45. The van der Waals surface area contributed by atoms with Crippen LogP contribution < -0.4 is 11.3 Å². The van der Waals surface area contributed by atoms with Crippen molar-refractivity contribution < 1.29 is 0 Å². The third-order valence-electron chi connectivity index (χ3n) is 2.98. The number of hydrogen-bond acceptors (Lipinski definition) is 3. The van der Waals surface area contributed by atoms with Crippen LogP contribution in [0.25, 0.3) is 0 Å². The van der Waals surface area contributed by atoms with Crippen LogP contribution >= 0.6 is 11.3 Å². The number of rotatable bonds is 4. The fourth-order valence-electron chi connectivity index (χ4n) is 1.93. The third-order valence-corrected chi connectivity index (χ3v) is 4.11. The predicted octanol–water partition coefficient (Wildman–Crippen LogP) is 3.11. The van der Waals surface area contributed by atoms with Gasteiger partial charge in [-0.3, -0.25) is 11.3 Å². The first-order valence-corrected chi connectivity index (χ1v) is 6.64. The van der Waals surface area contributed by atoms with Crippen LogP contribution in [0.4, 0.5) is 0 Å². The summed E-state index contributed by atoms with van der Waals surface area (Å²) in [4.78, 5) is 1.33. The van der Waals surface area contributed by atoms with E-state index in [0.717, 1.165) is 6.42 Å². The average Bonchev–Trinajstić information content (AvgIpc) is 2.75. The van der Waals surface area contributed by atoms with Gasteiger partial charge >= 0.3 is 0 Å². The second-order valence-corrected chi connectivity index (χ2v) is 5.32. The Kier molecular flexibility index (Phi) is 3.94. The lowest BCUT2D eigenvalue weighted by atomic mass is 10.0. The Bertz CT molecular complexity index is 473. The molecule has 3 heteroatoms. The molecule has 0 spiro atoms. The Hall–Kier alpha value is -1.16. The van der Waals surface area contributed by atoms with Gasteiger partial charge in [0, 0.05) is 4.88 Å². The second-order valence-electron chi connectivity index (χ2n) is 4.38. The molecule has 2 nitrogen and oxygen atoms in total. The standard InChI is InChI=1S/C14H18N2S/c1-10-3-5-12(6-4-10)9-13(16-15)14-11(2)7-8-17-14/h3-8,13,16H,9,15H2,1-2H3. The fourth-order valence-corrected chi connectivity index (χ4v) is 2.92. The highest BCUT2D eigenvalue weighted by Gasteiger charge is 2.13. The Labute approximate surface area is 106 Å². The minimum atomic E-state index is 0.206. The van der Waals surface area contributed by atoms with Crippen molar-refractivity contribution in [3.05, 3.63) is 57.3 Å². The molecule has 0 aliphatic carbocycles. The number of benzene rings is 1. The van der Waals surface area contributed by atoms with E-state index in [9.17, 15) is 0 Å². The molecule has 1 aromatic heterocycles. The Morgan fingerprint density at radius 2 is 1.88 bits per heavy atom. The molecule has 0 aliphatic heterocycles. The lowest BCUT2D eigenvalue weighted by molar-refractivity contribution is 0.558. The Morgan fingerprint density at radius 1 is 1.18 bits per heavy atom. The molecule has 90 valence electrons. The molecule has 17 heavy (non-hydrogen) atoms. The van der Waals surface area contributed by atoms with Crippen LogP contribution in [-0.4, -0.2) is 0 Å². The van der Waals surface area contributed by atoms with Gasteiger partial charge in [0.1, 0.15) is 0 Å². The van der Waals surface area contributed by atoms with Crippen LogP contribution in [0.5, 0.6) is 0 Å². The molecule has 0 fully saturated rings. The van der Waals surface area contributed by atoms with Crippen LogP contribution in [0, 0.1) is 13.8 Å². The van der Waals surface area contributed by atoms with Gasteiger partial charge in [-0.25, -0.2) is 0 Å². The minimum Gasteiger partial charge on any atom is -0.271 e. The summed E-state index contributed by atoms with van der Waals surface area (Å²) in [5.41, 5.74) is 6.83. The highest BCUT2D eigenvalue weighted by molar-refractivity contribution is 7.10. The zero-order valence-corrected chi connectivity index (χ0v) is 11.1. The summed E-state index contributed by atoms with van der Waals surface area (Å²) in [6.45, 7) is 4.23. The molecule has 1 unspecified atom stereocenters. The van der Waals surface area contributed by atoms with Gasteiger partial charge < -0.3 is 0 Å². The highest BCUT2D eigenvalue weighted by Crippen LogP contribution is 2.26. The van der Waals surface area contributed by atoms with Crippen molar-refractivity contribution in [2.45, 2.75) is 26.3 Å². The molecule has 3 N–H and O–H groups in total. The summed E-state index contributed by atoms with van der Waals surface area (Å²) in [5, 5.41) is 2.12. The molecule has 2 rings (SSSR count). The van der Waals surface area contributed by atoms with Crippen molar-refractivity contribution in [1.29, 1.82) is 0 Å². The van der Waals surface area contributed by atoms with Crippen molar-refractivity contribution in [2.24, 2.45) is 5.84 Å². The summed E-state index contributed by atoms with van der Waals surface area (Å²) in [6.07, 6.45) is 0.929. The Balaban J connectivity index is 2.16. The summed E-state index contributed by atoms with van der Waals surface area (Å²) in [6, 6.07) is 11.0. The smallest absolute Gasteiger partial charge is 0.0596 e. The monoisotopic (exact) mass is 246 g/mol. The van der Waals surface area contributed by atoms with E-state index in [0.29, 0.717) is 0 Å². The van der Waals surface area contributed by atoms with Crippen molar-refractivity contribution >= 4 is 11.3 Å². The zero-order valence-electron chi connectivity index (χ0n) is 10.2. The number of hydrazine groups is 1. The summed E-state index contributed by atoms with van der Waals surface area (Å²) in [7, 11) is 0. The number of hydrogen-bond donors (Lipinski definition) is 2. The predicted molar refractivity (Wildman–Crippen MR) is 74.0 cm³/mol. The van der Waals surface area contributed by atoms with Gasteiger partial charge in [0.2, 0.25) is 0 Å². The first-order valence-electron chi connectivity index (χ1n) is 5.76. The van der Waals surface area contributed by atoms with Gasteiger partial charge in [-0.1, -0.05) is 29.8 Å². The lowest BCUT2D eigenvalue weighted by Crippen LogP contribution is -2.29. The highest BCUT2D eigenvalue weighted by atomic mass is 32.1. The fraction of sp³-hybridized carbons (Fsp3) is 0.286. The molecule has 0 radical (unpaired) electrons. The molecule has 0 bridgehead atoms. The van der Waals surface area contributed by atoms with Crippen LogP contribution in [0.1, 0.15) is 27.6 Å². The summed E-state index contributed by atoms with van der Waals surface area (Å²) in [5.74, 6) is 5.67. The largest absolute Gasteiger partial charge is 0.271 e. The molecule has 0 saturated heterocycles. The normalized spacial score (nSPS) is 12.6. The molecule has 1 heterocycles. The van der Waals surface area contributed by atoms with Crippen molar-refractivity contribution in [2.75, 3.05) is 0 Å². The quantitative estimate of drug-likeness (QED) is 0.642. The van der Waals surface area contributed by atoms with Gasteiger partial charge in [0.25, 0.3) is 0 Å². The van der Waals surface area contributed by atoms with E-state index in [1.54, 1.807) is 11.3 Å². The van der Waals surface area contributed by atoms with Crippen molar-refractivity contribution in [3.8, 4) is 0 Å². The molecule has 0 saturated carbocycles. The van der Waals surface area contributed by atoms with E-state index in [4.69, 9.17) is 5.84 Å². The van der Waals surface area contributed by atoms with Gasteiger partial charge in [-0.15, -0.1) is 11.3 Å². The Morgan fingerprint density at radius 3 is 2.41 bits per heavy atom.